The number of hydrogen-bond donors (Lipinski definition) is 2. The summed E-state index contributed by atoms with van der Waals surface area (Å²) >= 11 is 0. The van der Waals surface area contributed by atoms with Crippen LogP contribution in [0.1, 0.15) is 49.1 Å². The van der Waals surface area contributed by atoms with Crippen LogP contribution in [0.15, 0.2) is 50.0 Å². The fraction of sp³-hybridized carbons (Fsp3) is 0.345. The number of carboxylic acid groups (broad SMARTS) is 1. The monoisotopic (exact) mass is 489 g/mol. The molecular formula is C29H31NO6. The summed E-state index contributed by atoms with van der Waals surface area (Å²) < 4.78 is 11.8. The molecular weight excluding hydrogens is 458 g/mol. The number of furan rings is 1. The van der Waals surface area contributed by atoms with E-state index in [0.717, 1.165) is 38.8 Å². The van der Waals surface area contributed by atoms with Gasteiger partial charge >= 0.3 is 11.6 Å². The van der Waals surface area contributed by atoms with Crippen molar-refractivity contribution in [2.75, 3.05) is 0 Å². The Morgan fingerprint density at radius 2 is 1.67 bits per heavy atom. The molecule has 7 nitrogen and oxygen atoms in total. The van der Waals surface area contributed by atoms with Crippen LogP contribution < -0.4 is 10.9 Å². The molecule has 1 amide bonds. The van der Waals surface area contributed by atoms with Crippen molar-refractivity contribution in [3.8, 4) is 11.1 Å². The number of carbonyl (C=O) groups excluding carboxylic acids is 1. The number of fused-ring (bicyclic) bond motifs is 2. The first-order valence-electron chi connectivity index (χ1n) is 12.2. The highest BCUT2D eigenvalue weighted by Crippen LogP contribution is 2.39. The van der Waals surface area contributed by atoms with Crippen LogP contribution in [0.3, 0.4) is 0 Å². The maximum atomic E-state index is 12.9. The minimum absolute atomic E-state index is 0.0152. The lowest BCUT2D eigenvalue weighted by Gasteiger charge is -2.20. The number of nitrogens with one attached hydrogen (secondary N) is 1. The van der Waals surface area contributed by atoms with E-state index >= 15 is 0 Å². The van der Waals surface area contributed by atoms with Crippen molar-refractivity contribution in [3.63, 3.8) is 0 Å². The predicted molar refractivity (Wildman–Crippen MR) is 139 cm³/mol. The Labute approximate surface area is 209 Å². The van der Waals surface area contributed by atoms with E-state index in [4.69, 9.17) is 8.83 Å². The molecule has 0 saturated carbocycles. The first-order chi connectivity index (χ1) is 17.1. The maximum Gasteiger partial charge on any atom is 0.339 e. The second kappa shape index (κ2) is 10.0. The van der Waals surface area contributed by atoms with Gasteiger partial charge in [-0.25, -0.2) is 9.59 Å². The molecule has 188 valence electrons. The Hall–Kier alpha value is -3.87. The van der Waals surface area contributed by atoms with Gasteiger partial charge in [0.1, 0.15) is 23.0 Å². The Morgan fingerprint density at radius 1 is 1.00 bits per heavy atom. The third-order valence-corrected chi connectivity index (χ3v) is 7.09. The van der Waals surface area contributed by atoms with E-state index in [2.05, 4.69) is 5.32 Å². The van der Waals surface area contributed by atoms with Gasteiger partial charge in [0.2, 0.25) is 5.91 Å². The van der Waals surface area contributed by atoms with Crippen LogP contribution in [0.5, 0.6) is 0 Å². The van der Waals surface area contributed by atoms with E-state index in [9.17, 15) is 19.5 Å². The molecule has 0 aliphatic rings. The second-order valence-corrected chi connectivity index (χ2v) is 9.42. The van der Waals surface area contributed by atoms with Crippen LogP contribution in [0.4, 0.5) is 0 Å². The van der Waals surface area contributed by atoms with E-state index in [1.807, 2.05) is 64.1 Å². The summed E-state index contributed by atoms with van der Waals surface area (Å²) in [6, 6.07) is 11.0. The summed E-state index contributed by atoms with van der Waals surface area (Å²) in [7, 11) is 0. The van der Waals surface area contributed by atoms with E-state index in [0.29, 0.717) is 23.2 Å². The van der Waals surface area contributed by atoms with Gasteiger partial charge in [-0.05, 0) is 50.3 Å². The third kappa shape index (κ3) is 4.53. The van der Waals surface area contributed by atoms with Gasteiger partial charge in [0.15, 0.2) is 0 Å². The van der Waals surface area contributed by atoms with Gasteiger partial charge in [-0.3, -0.25) is 4.79 Å². The Bertz CT molecular complexity index is 1510. The minimum Gasteiger partial charge on any atom is -0.480 e. The van der Waals surface area contributed by atoms with Gasteiger partial charge in [0, 0.05) is 33.9 Å². The zero-order valence-electron chi connectivity index (χ0n) is 21.2. The zero-order chi connectivity index (χ0) is 26.1. The zero-order valence-corrected chi connectivity index (χ0v) is 21.2. The van der Waals surface area contributed by atoms with E-state index in [-0.39, 0.29) is 18.8 Å². The highest BCUT2D eigenvalue weighted by atomic mass is 16.4. The molecule has 2 N–H and O–H groups in total. The molecule has 0 bridgehead atoms. The molecule has 2 atom stereocenters. The van der Waals surface area contributed by atoms with Gasteiger partial charge in [-0.2, -0.15) is 0 Å². The van der Waals surface area contributed by atoms with Crippen molar-refractivity contribution in [1.82, 2.24) is 5.32 Å². The Kier molecular flexibility index (Phi) is 7.02. The Morgan fingerprint density at radius 3 is 2.31 bits per heavy atom. The molecule has 2 heterocycles. The van der Waals surface area contributed by atoms with Gasteiger partial charge < -0.3 is 19.3 Å². The average Bonchev–Trinajstić information content (AvgIpc) is 3.19. The lowest BCUT2D eigenvalue weighted by molar-refractivity contribution is -0.143. The van der Waals surface area contributed by atoms with Crippen molar-refractivity contribution < 1.29 is 23.5 Å². The summed E-state index contributed by atoms with van der Waals surface area (Å²) in [6.07, 6.45) is 0.755. The smallest absolute Gasteiger partial charge is 0.339 e. The summed E-state index contributed by atoms with van der Waals surface area (Å²) in [4.78, 5) is 37.0. The van der Waals surface area contributed by atoms with Crippen LogP contribution in [0, 0.1) is 26.7 Å². The van der Waals surface area contributed by atoms with Gasteiger partial charge in [0.25, 0.3) is 0 Å². The highest BCUT2D eigenvalue weighted by Gasteiger charge is 2.26. The number of aliphatic carboxylic acids is 1. The molecule has 0 radical (unpaired) electrons. The lowest BCUT2D eigenvalue weighted by Crippen LogP contribution is -2.45. The summed E-state index contributed by atoms with van der Waals surface area (Å²) in [5, 5.41) is 13.8. The van der Waals surface area contributed by atoms with E-state index in [1.54, 1.807) is 6.92 Å². The van der Waals surface area contributed by atoms with Crippen LogP contribution in [-0.2, 0) is 16.0 Å². The standard InChI is InChI=1S/C29H31NO6/c1-6-15(2)25(28(32)33)30-23(31)13-12-20-16(3)21-14-22-24(19-10-8-7-9-11-19)18(5)35-27(22)17(4)26(21)36-29(20)34/h7-11,14-15,25H,6,12-13H2,1-5H3,(H,30,31)(H,32,33). The van der Waals surface area contributed by atoms with Crippen molar-refractivity contribution in [1.29, 1.82) is 0 Å². The molecule has 0 saturated heterocycles. The second-order valence-electron chi connectivity index (χ2n) is 9.42. The van der Waals surface area contributed by atoms with E-state index in [1.165, 1.54) is 0 Å². The normalized spacial score (nSPS) is 13.1. The molecule has 0 aliphatic heterocycles. The maximum absolute atomic E-state index is 12.9. The minimum atomic E-state index is -1.07. The van der Waals surface area contributed by atoms with Crippen molar-refractivity contribution in [2.45, 2.75) is 59.9 Å². The van der Waals surface area contributed by atoms with Gasteiger partial charge in [0.05, 0.1) is 0 Å². The first-order valence-corrected chi connectivity index (χ1v) is 12.2. The predicted octanol–water partition coefficient (Wildman–Crippen LogP) is 5.68. The number of hydrogen-bond acceptors (Lipinski definition) is 5. The number of aryl methyl sites for hydroxylation is 3. The number of amides is 1. The molecule has 4 aromatic rings. The molecule has 36 heavy (non-hydrogen) atoms. The largest absolute Gasteiger partial charge is 0.480 e. The molecule has 7 heteroatoms. The summed E-state index contributed by atoms with van der Waals surface area (Å²) in [5.41, 5.74) is 4.57. The van der Waals surface area contributed by atoms with Gasteiger partial charge in [-0.15, -0.1) is 0 Å². The molecule has 2 unspecified atom stereocenters. The van der Waals surface area contributed by atoms with Crippen LogP contribution in [0.2, 0.25) is 0 Å². The van der Waals surface area contributed by atoms with Crippen LogP contribution >= 0.6 is 0 Å². The summed E-state index contributed by atoms with van der Waals surface area (Å²) in [6.45, 7) is 9.31. The molecule has 0 spiro atoms. The number of rotatable bonds is 8. The Balaban J connectivity index is 1.73. The topological polar surface area (TPSA) is 110 Å². The summed E-state index contributed by atoms with van der Waals surface area (Å²) in [5.74, 6) is -0.907. The number of carbonyl (C=O) groups is 2. The van der Waals surface area contributed by atoms with Gasteiger partial charge in [-0.1, -0.05) is 50.6 Å². The number of carboxylic acids is 1. The fourth-order valence-corrected chi connectivity index (χ4v) is 4.79. The molecule has 0 fully saturated rings. The highest BCUT2D eigenvalue weighted by molar-refractivity contribution is 6.05. The van der Waals surface area contributed by atoms with Crippen LogP contribution in [-0.4, -0.2) is 23.0 Å². The number of benzene rings is 2. The third-order valence-electron chi connectivity index (χ3n) is 7.09. The van der Waals surface area contributed by atoms with Crippen molar-refractivity contribution in [2.24, 2.45) is 5.92 Å². The quantitative estimate of drug-likeness (QED) is 0.308. The fourth-order valence-electron chi connectivity index (χ4n) is 4.79. The first kappa shape index (κ1) is 25.2. The van der Waals surface area contributed by atoms with Crippen molar-refractivity contribution in [3.05, 3.63) is 69.3 Å². The molecule has 2 aromatic carbocycles. The lowest BCUT2D eigenvalue weighted by atomic mass is 9.95. The van der Waals surface area contributed by atoms with E-state index < -0.39 is 23.5 Å². The average molecular weight is 490 g/mol. The molecule has 4 rings (SSSR count). The van der Waals surface area contributed by atoms with Crippen LogP contribution in [0.25, 0.3) is 33.1 Å². The molecule has 2 aromatic heterocycles. The van der Waals surface area contributed by atoms with Crippen molar-refractivity contribution >= 4 is 33.8 Å². The SMILES string of the molecule is CCC(C)C(NC(=O)CCc1c(C)c2cc3c(-c4ccccc4)c(C)oc3c(C)c2oc1=O)C(=O)O. The molecule has 0 aliphatic carbocycles.